The molecule has 1 fully saturated rings. The summed E-state index contributed by atoms with van der Waals surface area (Å²) in [6, 6.07) is 10.6. The fourth-order valence-electron chi connectivity index (χ4n) is 5.87. The van der Waals surface area contributed by atoms with Gasteiger partial charge >= 0.3 is 6.09 Å². The molecule has 2 aromatic carbocycles. The Morgan fingerprint density at radius 1 is 1.02 bits per heavy atom. The Morgan fingerprint density at radius 3 is 2.38 bits per heavy atom. The van der Waals surface area contributed by atoms with Crippen LogP contribution in [0.5, 0.6) is 17.2 Å². The maximum atomic E-state index is 15.2. The summed E-state index contributed by atoms with van der Waals surface area (Å²) in [4.78, 5) is 26.6. The van der Waals surface area contributed by atoms with Crippen molar-refractivity contribution >= 4 is 23.4 Å². The van der Waals surface area contributed by atoms with E-state index in [1.807, 2.05) is 38.8 Å². The van der Waals surface area contributed by atoms with E-state index in [0.717, 1.165) is 32.7 Å². The number of rotatable bonds is 13. The van der Waals surface area contributed by atoms with Crippen molar-refractivity contribution in [2.75, 3.05) is 70.3 Å². The molecular weight excluding hydrogens is 603 g/mol. The molecule has 47 heavy (non-hydrogen) atoms. The molecule has 0 saturated carbocycles. The Hall–Kier alpha value is -4.03. The zero-order valence-corrected chi connectivity index (χ0v) is 29.1. The minimum atomic E-state index is -1.08. The highest BCUT2D eigenvalue weighted by Gasteiger charge is 2.36. The lowest BCUT2D eigenvalue weighted by Gasteiger charge is -2.43. The number of nitrogens with one attached hydrogen (secondary N) is 1. The number of hydrogen-bond acceptors (Lipinski definition) is 10. The van der Waals surface area contributed by atoms with Crippen LogP contribution in [0.2, 0.25) is 0 Å². The number of hydrogen-bond donors (Lipinski definition) is 1. The topological polar surface area (TPSA) is 91.3 Å². The number of halogens is 1. The molecule has 1 unspecified atom stereocenters. The molecule has 1 amide bonds. The van der Waals surface area contributed by atoms with Gasteiger partial charge in [-0.2, -0.15) is 0 Å². The molecule has 0 bridgehead atoms. The predicted molar refractivity (Wildman–Crippen MR) is 184 cm³/mol. The molecule has 12 heteroatoms. The minimum Gasteiger partial charge on any atom is -0.497 e. The molecule has 258 valence electrons. The lowest BCUT2D eigenvalue weighted by molar-refractivity contribution is 0.0965. The summed E-state index contributed by atoms with van der Waals surface area (Å²) in [5.41, 5.74) is 1.06. The Labute approximate surface area is 278 Å². The fraction of sp³-hybridized carbons (Fsp3) is 0.543. The van der Waals surface area contributed by atoms with Crippen LogP contribution < -0.4 is 24.4 Å². The summed E-state index contributed by atoms with van der Waals surface area (Å²) in [7, 11) is 3.11. The summed E-state index contributed by atoms with van der Waals surface area (Å²) >= 11 is 0. The van der Waals surface area contributed by atoms with Crippen LogP contribution in [-0.4, -0.2) is 105 Å². The van der Waals surface area contributed by atoms with E-state index in [9.17, 15) is 4.79 Å². The first-order valence-corrected chi connectivity index (χ1v) is 16.4. The SMILES string of the molecule is CCCN(C(=O)OC1=NC(C)(Nc2ccc(OCCN3CCN(C(C)C)CC3)c(F)c2)N(C(C)C)C=C1)c1ccc(OC)cc1OC. The third-order valence-corrected chi connectivity index (χ3v) is 8.42. The van der Waals surface area contributed by atoms with Crippen molar-refractivity contribution in [1.82, 2.24) is 14.7 Å². The van der Waals surface area contributed by atoms with Gasteiger partial charge in [0.1, 0.15) is 18.1 Å². The number of carbonyl (C=O) groups is 1. The van der Waals surface area contributed by atoms with Crippen LogP contribution in [0.1, 0.15) is 48.0 Å². The van der Waals surface area contributed by atoms with Crippen molar-refractivity contribution in [3.05, 3.63) is 54.5 Å². The summed E-state index contributed by atoms with van der Waals surface area (Å²) in [5.74, 6) is -0.146. The predicted octanol–water partition coefficient (Wildman–Crippen LogP) is 6.02. The number of nitrogens with zero attached hydrogens (tertiary/aromatic N) is 5. The summed E-state index contributed by atoms with van der Waals surface area (Å²) in [5, 5.41) is 3.34. The number of piperazine rings is 1. The van der Waals surface area contributed by atoms with E-state index in [1.165, 1.54) is 18.1 Å². The molecule has 0 radical (unpaired) electrons. The van der Waals surface area contributed by atoms with Gasteiger partial charge in [0.2, 0.25) is 11.7 Å². The molecule has 0 spiro atoms. The second-order valence-electron chi connectivity index (χ2n) is 12.4. The van der Waals surface area contributed by atoms with Crippen molar-refractivity contribution in [2.45, 2.75) is 65.8 Å². The third kappa shape index (κ3) is 9.07. The molecule has 2 aliphatic heterocycles. The lowest BCUT2D eigenvalue weighted by Crippen LogP contribution is -2.53. The highest BCUT2D eigenvalue weighted by Crippen LogP contribution is 2.34. The van der Waals surface area contributed by atoms with Gasteiger partial charge in [0.25, 0.3) is 0 Å². The molecule has 0 aromatic heterocycles. The monoisotopic (exact) mass is 654 g/mol. The van der Waals surface area contributed by atoms with Crippen LogP contribution in [0, 0.1) is 5.82 Å². The second-order valence-corrected chi connectivity index (χ2v) is 12.4. The Morgan fingerprint density at radius 2 is 1.77 bits per heavy atom. The van der Waals surface area contributed by atoms with Gasteiger partial charge in [0, 0.05) is 81.4 Å². The molecule has 2 aliphatic rings. The average molecular weight is 655 g/mol. The van der Waals surface area contributed by atoms with E-state index in [1.54, 1.807) is 43.5 Å². The van der Waals surface area contributed by atoms with Crippen molar-refractivity contribution in [2.24, 2.45) is 4.99 Å². The molecule has 0 aliphatic carbocycles. The second kappa shape index (κ2) is 16.2. The zero-order valence-electron chi connectivity index (χ0n) is 29.1. The summed E-state index contributed by atoms with van der Waals surface area (Å²) < 4.78 is 37.7. The zero-order chi connectivity index (χ0) is 34.1. The number of methoxy groups -OCH3 is 2. The molecule has 2 heterocycles. The smallest absolute Gasteiger partial charge is 0.421 e. The van der Waals surface area contributed by atoms with Crippen LogP contribution in [0.3, 0.4) is 0 Å². The number of benzene rings is 2. The van der Waals surface area contributed by atoms with Gasteiger partial charge in [0.15, 0.2) is 11.6 Å². The normalized spacial score (nSPS) is 18.7. The van der Waals surface area contributed by atoms with Gasteiger partial charge in [0.05, 0.1) is 19.9 Å². The van der Waals surface area contributed by atoms with E-state index >= 15 is 4.39 Å². The van der Waals surface area contributed by atoms with Crippen molar-refractivity contribution < 1.29 is 28.1 Å². The quantitative estimate of drug-likeness (QED) is 0.278. The first-order chi connectivity index (χ1) is 22.5. The molecule has 1 atom stereocenters. The molecule has 1 saturated heterocycles. The van der Waals surface area contributed by atoms with Gasteiger partial charge in [-0.1, -0.05) is 6.92 Å². The molecule has 11 nitrogen and oxygen atoms in total. The van der Waals surface area contributed by atoms with E-state index in [0.29, 0.717) is 48.5 Å². The fourth-order valence-corrected chi connectivity index (χ4v) is 5.87. The van der Waals surface area contributed by atoms with Gasteiger partial charge < -0.3 is 29.2 Å². The van der Waals surface area contributed by atoms with E-state index in [2.05, 4.69) is 29.0 Å². The van der Waals surface area contributed by atoms with Crippen LogP contribution >= 0.6 is 0 Å². The molecule has 1 N–H and O–H groups in total. The number of ether oxygens (including phenoxy) is 4. The van der Waals surface area contributed by atoms with E-state index < -0.39 is 17.7 Å². The Bertz CT molecular complexity index is 1410. The van der Waals surface area contributed by atoms with Gasteiger partial charge in [-0.15, -0.1) is 0 Å². The first kappa shape index (κ1) is 35.8. The number of carbonyl (C=O) groups excluding carboxylic acids is 1. The van der Waals surface area contributed by atoms with E-state index in [-0.39, 0.29) is 17.7 Å². The van der Waals surface area contributed by atoms with Crippen molar-refractivity contribution in [3.8, 4) is 17.2 Å². The summed E-state index contributed by atoms with van der Waals surface area (Å²) in [6.07, 6.45) is 3.55. The van der Waals surface area contributed by atoms with Crippen LogP contribution in [-0.2, 0) is 4.74 Å². The Balaban J connectivity index is 1.44. The highest BCUT2D eigenvalue weighted by atomic mass is 19.1. The van der Waals surface area contributed by atoms with Crippen molar-refractivity contribution in [3.63, 3.8) is 0 Å². The minimum absolute atomic E-state index is 0.0276. The van der Waals surface area contributed by atoms with E-state index in [4.69, 9.17) is 23.9 Å². The number of aliphatic imine (C=N–C) groups is 1. The highest BCUT2D eigenvalue weighted by molar-refractivity contribution is 6.02. The maximum Gasteiger partial charge on any atom is 0.421 e. The first-order valence-electron chi connectivity index (χ1n) is 16.4. The average Bonchev–Trinajstić information content (AvgIpc) is 3.04. The lowest BCUT2D eigenvalue weighted by atomic mass is 10.2. The Kier molecular flexibility index (Phi) is 12.3. The van der Waals surface area contributed by atoms with Crippen LogP contribution in [0.15, 0.2) is 53.7 Å². The number of amides is 1. The molecule has 4 rings (SSSR count). The van der Waals surface area contributed by atoms with Gasteiger partial charge in [-0.05, 0) is 65.3 Å². The molecular formula is C35H51FN6O5. The van der Waals surface area contributed by atoms with Gasteiger partial charge in [-0.3, -0.25) is 14.7 Å². The van der Waals surface area contributed by atoms with Gasteiger partial charge in [-0.25, -0.2) is 14.2 Å². The summed E-state index contributed by atoms with van der Waals surface area (Å²) in [6.45, 7) is 17.9. The van der Waals surface area contributed by atoms with Crippen LogP contribution in [0.4, 0.5) is 20.6 Å². The van der Waals surface area contributed by atoms with Crippen LogP contribution in [0.25, 0.3) is 0 Å². The number of anilines is 2. The standard InChI is InChI=1S/C35H51FN6O5/c1-9-15-41(30-12-11-28(44-7)24-32(30)45-8)34(43)47-33-14-16-42(26(4)5)35(6,38-33)37-27-10-13-31(29(36)23-27)46-22-21-39-17-19-40(20-18-39)25(2)3/h10-14,16,23-26,37H,9,15,17-22H2,1-8H3. The van der Waals surface area contributed by atoms with Crippen molar-refractivity contribution in [1.29, 1.82) is 0 Å². The molecule has 2 aromatic rings. The maximum absolute atomic E-state index is 15.2. The third-order valence-electron chi connectivity index (χ3n) is 8.42. The largest absolute Gasteiger partial charge is 0.497 e.